The van der Waals surface area contributed by atoms with Crippen molar-refractivity contribution in [2.45, 2.75) is 0 Å². The summed E-state index contributed by atoms with van der Waals surface area (Å²) in [4.78, 5) is 20.4. The number of carboxylic acids is 2. The summed E-state index contributed by atoms with van der Waals surface area (Å²) in [5.74, 6) is -2.67. The van der Waals surface area contributed by atoms with E-state index in [1.165, 1.54) is 42.4 Å². The van der Waals surface area contributed by atoms with E-state index in [1.54, 1.807) is 0 Å². The Labute approximate surface area is 365 Å². The van der Waals surface area contributed by atoms with E-state index in [0.717, 1.165) is 24.3 Å². The maximum Gasteiger partial charge on any atom is 0.144 e. The molecule has 0 spiro atoms. The van der Waals surface area contributed by atoms with Gasteiger partial charge in [0.1, 0.15) is 57.0 Å². The third-order valence-corrected chi connectivity index (χ3v) is 19.1. The summed E-state index contributed by atoms with van der Waals surface area (Å²) in [6, 6.07) is 92.3. The van der Waals surface area contributed by atoms with Gasteiger partial charge < -0.3 is 19.8 Å². The van der Waals surface area contributed by atoms with Crippen molar-refractivity contribution >= 4 is 68.9 Å². The normalized spacial score (nSPS) is 10.8. The highest BCUT2D eigenvalue weighted by Gasteiger charge is 2.48. The summed E-state index contributed by atoms with van der Waals surface area (Å²) in [6.45, 7) is 0. The Morgan fingerprint density at radius 3 is 0.468 bits per heavy atom. The van der Waals surface area contributed by atoms with Gasteiger partial charge in [-0.05, 0) is 108 Å². The molecule has 62 heavy (non-hydrogen) atoms. The Kier molecular flexibility index (Phi) is 14.4. The third-order valence-electron chi connectivity index (χ3n) is 10.5. The van der Waals surface area contributed by atoms with E-state index >= 15 is 0 Å². The molecule has 0 radical (unpaired) electrons. The minimum atomic E-state index is -1.91. The Balaban J connectivity index is 0.000000149. The predicted octanol–water partition coefficient (Wildman–Crippen LogP) is 7.03. The van der Waals surface area contributed by atoms with Gasteiger partial charge in [-0.1, -0.05) is 170 Å². The average Bonchev–Trinajstić information content (AvgIpc) is 3.35. The van der Waals surface area contributed by atoms with Gasteiger partial charge >= 0.3 is 0 Å². The second-order valence-electron chi connectivity index (χ2n) is 14.2. The smallest absolute Gasteiger partial charge is 0.144 e. The zero-order valence-corrected chi connectivity index (χ0v) is 35.7. The largest absolute Gasteiger partial charge is 0.545 e. The molecule has 9 aromatic rings. The number of carbonyl (C=O) groups is 2. The van der Waals surface area contributed by atoms with Gasteiger partial charge in [0.15, 0.2) is 0 Å². The second kappa shape index (κ2) is 20.8. The van der Waals surface area contributed by atoms with Crippen LogP contribution in [0.5, 0.6) is 0 Å². The van der Waals surface area contributed by atoms with Crippen LogP contribution in [0.1, 0.15) is 20.7 Å². The van der Waals surface area contributed by atoms with Crippen molar-refractivity contribution in [3.05, 3.63) is 278 Å². The quantitative estimate of drug-likeness (QED) is 0.139. The lowest BCUT2D eigenvalue weighted by atomic mass is 10.1. The second-order valence-corrected chi connectivity index (χ2v) is 21.0. The first-order valence-electron chi connectivity index (χ1n) is 20.2. The maximum absolute atomic E-state index is 10.2. The molecule has 0 atom stereocenters. The maximum atomic E-state index is 10.2. The molecule has 4 nitrogen and oxygen atoms in total. The van der Waals surface area contributed by atoms with E-state index in [4.69, 9.17) is 0 Å². The van der Waals surface area contributed by atoms with Crippen molar-refractivity contribution in [1.29, 1.82) is 0 Å². The highest BCUT2D eigenvalue weighted by atomic mass is 31.2. The summed E-state index contributed by atoms with van der Waals surface area (Å²) in [5.41, 5.74) is -0.111. The molecule has 9 rings (SSSR count). The molecule has 0 N–H and O–H groups in total. The topological polar surface area (TPSA) is 80.3 Å². The summed E-state index contributed by atoms with van der Waals surface area (Å²) in [6.07, 6.45) is 0. The van der Waals surface area contributed by atoms with Crippen LogP contribution < -0.4 is 52.6 Å². The molecule has 0 heterocycles. The van der Waals surface area contributed by atoms with Gasteiger partial charge in [0.25, 0.3) is 0 Å². The van der Waals surface area contributed by atoms with Crippen LogP contribution in [0.4, 0.5) is 0 Å². The van der Waals surface area contributed by atoms with E-state index < -0.39 is 26.5 Å². The van der Waals surface area contributed by atoms with Crippen LogP contribution in [-0.2, 0) is 0 Å². The van der Waals surface area contributed by atoms with Crippen molar-refractivity contribution < 1.29 is 19.8 Å². The van der Waals surface area contributed by atoms with Gasteiger partial charge in [-0.25, -0.2) is 0 Å². The number of carboxylic acid groups (broad SMARTS) is 2. The molecule has 302 valence electrons. The van der Waals surface area contributed by atoms with Crippen LogP contribution in [0.15, 0.2) is 267 Å². The number of carbonyl (C=O) groups excluding carboxylic acids is 2. The number of hydrogen-bond donors (Lipinski definition) is 0. The molecule has 0 bridgehead atoms. The predicted molar refractivity (Wildman–Crippen MR) is 258 cm³/mol. The van der Waals surface area contributed by atoms with E-state index in [0.29, 0.717) is 0 Å². The SMILES string of the molecule is O=C([O-])c1ccc(C(=O)[O-])cc1.c1ccc([P+](c2ccccc2)(c2ccccc2)c2ccccc2)cc1.c1ccc([P+](c2ccccc2)(c2ccccc2)c2ccccc2)cc1. The molecule has 0 fully saturated rings. The van der Waals surface area contributed by atoms with Crippen LogP contribution in [0.2, 0.25) is 0 Å². The van der Waals surface area contributed by atoms with Gasteiger partial charge in [-0.15, -0.1) is 0 Å². The fourth-order valence-electron chi connectivity index (χ4n) is 7.74. The Bertz CT molecular complexity index is 2220. The van der Waals surface area contributed by atoms with Gasteiger partial charge in [0.05, 0.1) is 11.9 Å². The molecule has 0 aliphatic rings. The van der Waals surface area contributed by atoms with E-state index in [1.807, 2.05) is 0 Å². The lowest BCUT2D eigenvalue weighted by molar-refractivity contribution is -0.256. The molecule has 0 amide bonds. The lowest BCUT2D eigenvalue weighted by Gasteiger charge is -2.27. The first-order valence-corrected chi connectivity index (χ1v) is 23.8. The minimum Gasteiger partial charge on any atom is -0.545 e. The van der Waals surface area contributed by atoms with Crippen molar-refractivity contribution in [1.82, 2.24) is 0 Å². The van der Waals surface area contributed by atoms with Gasteiger partial charge in [-0.2, -0.15) is 0 Å². The van der Waals surface area contributed by atoms with Crippen LogP contribution >= 0.6 is 14.5 Å². The van der Waals surface area contributed by atoms with Crippen molar-refractivity contribution in [3.63, 3.8) is 0 Å². The van der Waals surface area contributed by atoms with Crippen LogP contribution in [0.25, 0.3) is 0 Å². The first-order chi connectivity index (χ1) is 30.5. The molecule has 0 unspecified atom stereocenters. The monoisotopic (exact) mass is 842 g/mol. The molecule has 6 heteroatoms. The van der Waals surface area contributed by atoms with Gasteiger partial charge in [0, 0.05) is 0 Å². The highest BCUT2D eigenvalue weighted by molar-refractivity contribution is 8.02. The molecular weight excluding hydrogens is 799 g/mol. The highest BCUT2D eigenvalue weighted by Crippen LogP contribution is 2.55. The standard InChI is InChI=1S/2C24H20P.C8H6O4/c2*1-5-13-21(14-6-1)25(22-15-7-2-8-16-22,23-17-9-3-10-18-23)24-19-11-4-12-20-24;9-7(10)5-1-2-6(4-3-5)8(11)12/h2*1-20H;1-4H,(H,9,10)(H,11,12)/q2*+1;/p-2. The van der Waals surface area contributed by atoms with Crippen molar-refractivity contribution in [2.75, 3.05) is 0 Å². The zero-order valence-electron chi connectivity index (χ0n) is 33.9. The third kappa shape index (κ3) is 9.39. The van der Waals surface area contributed by atoms with Crippen molar-refractivity contribution in [2.24, 2.45) is 0 Å². The summed E-state index contributed by atoms with van der Waals surface area (Å²) in [7, 11) is -3.81. The first kappa shape index (κ1) is 42.9. The van der Waals surface area contributed by atoms with E-state index in [2.05, 4.69) is 243 Å². The zero-order chi connectivity index (χ0) is 43.0. The molecule has 0 aliphatic carbocycles. The molecule has 0 saturated carbocycles. The fraction of sp³-hybridized carbons (Fsp3) is 0. The molecule has 0 aliphatic heterocycles. The summed E-state index contributed by atoms with van der Waals surface area (Å²) in [5, 5.41) is 31.5. The number of rotatable bonds is 10. The molecule has 0 aromatic heterocycles. The lowest BCUT2D eigenvalue weighted by Crippen LogP contribution is -2.38. The molecular formula is C56H44O4P2. The minimum absolute atomic E-state index is 0.0556. The van der Waals surface area contributed by atoms with Gasteiger partial charge in [-0.3, -0.25) is 0 Å². The van der Waals surface area contributed by atoms with Gasteiger partial charge in [0.2, 0.25) is 0 Å². The van der Waals surface area contributed by atoms with Crippen molar-refractivity contribution in [3.8, 4) is 0 Å². The Hall–Kier alpha value is -7.22. The number of benzene rings is 9. The van der Waals surface area contributed by atoms with Crippen LogP contribution in [-0.4, -0.2) is 11.9 Å². The summed E-state index contributed by atoms with van der Waals surface area (Å²) < 4.78 is 0. The average molecular weight is 843 g/mol. The Morgan fingerprint density at radius 1 is 0.226 bits per heavy atom. The van der Waals surface area contributed by atoms with E-state index in [-0.39, 0.29) is 11.1 Å². The Morgan fingerprint density at radius 2 is 0.355 bits per heavy atom. The molecule has 0 saturated heterocycles. The fourth-order valence-corrected chi connectivity index (χ4v) is 16.3. The number of aromatic carboxylic acids is 2. The molecule has 9 aromatic carbocycles. The summed E-state index contributed by atoms with van der Waals surface area (Å²) >= 11 is 0. The number of hydrogen-bond acceptors (Lipinski definition) is 4. The van der Waals surface area contributed by atoms with Crippen LogP contribution in [0, 0.1) is 0 Å². The van der Waals surface area contributed by atoms with E-state index in [9.17, 15) is 19.8 Å². The van der Waals surface area contributed by atoms with Crippen LogP contribution in [0.3, 0.4) is 0 Å².